The summed E-state index contributed by atoms with van der Waals surface area (Å²) >= 11 is 0. The Kier molecular flexibility index (Phi) is 2.95. The molecule has 0 spiro atoms. The molecule has 7 heteroatoms. The van der Waals surface area contributed by atoms with Gasteiger partial charge in [0.05, 0.1) is 6.04 Å². The Labute approximate surface area is 94.7 Å². The minimum absolute atomic E-state index is 0.0283. The van der Waals surface area contributed by atoms with Crippen LogP contribution in [0, 0.1) is 0 Å². The summed E-state index contributed by atoms with van der Waals surface area (Å²) < 4.78 is 13.5. The van der Waals surface area contributed by atoms with E-state index in [0.717, 1.165) is 10.6 Å². The number of halogens is 1. The molecule has 0 radical (unpaired) electrons. The zero-order valence-corrected chi connectivity index (χ0v) is 8.71. The van der Waals surface area contributed by atoms with Crippen LogP contribution >= 0.6 is 0 Å². The molecule has 1 aromatic rings. The lowest BCUT2D eigenvalue weighted by Gasteiger charge is -2.18. The highest BCUT2D eigenvalue weighted by molar-refractivity contribution is 5.23. The van der Waals surface area contributed by atoms with Crippen LogP contribution in [0.15, 0.2) is 33.5 Å². The van der Waals surface area contributed by atoms with E-state index < -0.39 is 36.2 Å². The molecule has 0 saturated carbocycles. The van der Waals surface area contributed by atoms with Crippen molar-refractivity contribution < 1.29 is 14.6 Å². The third kappa shape index (κ3) is 1.94. The van der Waals surface area contributed by atoms with Gasteiger partial charge in [0.1, 0.15) is 18.9 Å². The predicted molar refractivity (Wildman–Crippen MR) is 56.4 cm³/mol. The molecular formula is C10H11FN2O4. The predicted octanol–water partition coefficient (Wildman–Crippen LogP) is -1.29. The number of H-pyrrole nitrogens is 1. The number of nitrogens with zero attached hydrogens (tertiary/aromatic N) is 1. The van der Waals surface area contributed by atoms with Gasteiger partial charge < -0.3 is 10.2 Å². The van der Waals surface area contributed by atoms with Crippen molar-refractivity contribution in [2.24, 2.45) is 0 Å². The van der Waals surface area contributed by atoms with Crippen LogP contribution in [0.2, 0.25) is 0 Å². The summed E-state index contributed by atoms with van der Waals surface area (Å²) in [6, 6.07) is 0.238. The van der Waals surface area contributed by atoms with Crippen molar-refractivity contribution in [1.82, 2.24) is 9.55 Å². The summed E-state index contributed by atoms with van der Waals surface area (Å²) in [6.07, 6.45) is -0.151. The summed E-state index contributed by atoms with van der Waals surface area (Å²) in [6.45, 7) is -0.896. The van der Waals surface area contributed by atoms with Gasteiger partial charge in [-0.3, -0.25) is 14.3 Å². The summed E-state index contributed by atoms with van der Waals surface area (Å²) in [5.41, 5.74) is -1.25. The molecule has 2 rings (SSSR count). The Hall–Kier alpha value is -1.73. The molecule has 0 saturated heterocycles. The smallest absolute Gasteiger partial charge is 0.328 e. The largest absolute Gasteiger partial charge is 0.388 e. The summed E-state index contributed by atoms with van der Waals surface area (Å²) in [4.78, 5) is 24.4. The fourth-order valence-corrected chi connectivity index (χ4v) is 1.85. The Morgan fingerprint density at radius 2 is 2.12 bits per heavy atom. The summed E-state index contributed by atoms with van der Waals surface area (Å²) in [7, 11) is 0. The average molecular weight is 242 g/mol. The van der Waals surface area contributed by atoms with Crippen LogP contribution in [-0.4, -0.2) is 38.6 Å². The molecule has 0 fully saturated rings. The second-order valence-corrected chi connectivity index (χ2v) is 3.82. The molecule has 92 valence electrons. The Morgan fingerprint density at radius 1 is 1.41 bits per heavy atom. The fraction of sp³-hybridized carbons (Fsp3) is 0.400. The van der Waals surface area contributed by atoms with Crippen molar-refractivity contribution in [3.8, 4) is 0 Å². The van der Waals surface area contributed by atoms with Crippen molar-refractivity contribution >= 4 is 0 Å². The Morgan fingerprint density at radius 3 is 2.65 bits per heavy atom. The van der Waals surface area contributed by atoms with Crippen molar-refractivity contribution in [3.63, 3.8) is 0 Å². The first-order valence-electron chi connectivity index (χ1n) is 4.98. The van der Waals surface area contributed by atoms with Crippen molar-refractivity contribution in [2.75, 3.05) is 6.67 Å². The fourth-order valence-electron chi connectivity index (χ4n) is 1.85. The molecule has 3 N–H and O–H groups in total. The number of alkyl halides is 1. The van der Waals surface area contributed by atoms with Gasteiger partial charge in [-0.15, -0.1) is 0 Å². The molecule has 0 unspecified atom stereocenters. The van der Waals surface area contributed by atoms with Crippen LogP contribution < -0.4 is 11.2 Å². The average Bonchev–Trinajstić information content (AvgIpc) is 2.57. The molecule has 1 aliphatic rings. The third-order valence-corrected chi connectivity index (χ3v) is 2.76. The molecule has 1 aromatic heterocycles. The molecule has 6 nitrogen and oxygen atoms in total. The van der Waals surface area contributed by atoms with E-state index >= 15 is 0 Å². The van der Waals surface area contributed by atoms with Gasteiger partial charge in [-0.1, -0.05) is 6.08 Å². The molecule has 17 heavy (non-hydrogen) atoms. The van der Waals surface area contributed by atoms with Crippen LogP contribution in [0.4, 0.5) is 4.39 Å². The van der Waals surface area contributed by atoms with E-state index in [1.807, 2.05) is 4.98 Å². The number of aromatic nitrogens is 2. The lowest BCUT2D eigenvalue weighted by Crippen LogP contribution is -2.37. The van der Waals surface area contributed by atoms with Crippen molar-refractivity contribution in [1.29, 1.82) is 0 Å². The number of aromatic amines is 1. The minimum atomic E-state index is -1.33. The highest BCUT2D eigenvalue weighted by Gasteiger charge is 2.35. The van der Waals surface area contributed by atoms with E-state index in [1.165, 1.54) is 12.3 Å². The van der Waals surface area contributed by atoms with E-state index in [1.54, 1.807) is 0 Å². The number of nitrogens with one attached hydrogen (secondary N) is 1. The van der Waals surface area contributed by atoms with Gasteiger partial charge in [-0.2, -0.15) is 0 Å². The third-order valence-electron chi connectivity index (χ3n) is 2.76. The van der Waals surface area contributed by atoms with Gasteiger partial charge >= 0.3 is 5.69 Å². The zero-order chi connectivity index (χ0) is 12.6. The molecule has 0 amide bonds. The monoisotopic (exact) mass is 242 g/mol. The molecule has 0 bridgehead atoms. The first kappa shape index (κ1) is 11.7. The molecule has 1 aliphatic carbocycles. The second-order valence-electron chi connectivity index (χ2n) is 3.82. The number of hydrogen-bond donors (Lipinski definition) is 3. The van der Waals surface area contributed by atoms with Gasteiger partial charge in [-0.05, 0) is 5.57 Å². The number of rotatable bonds is 2. The van der Waals surface area contributed by atoms with E-state index in [-0.39, 0.29) is 5.57 Å². The van der Waals surface area contributed by atoms with E-state index in [9.17, 15) is 24.2 Å². The van der Waals surface area contributed by atoms with Crippen molar-refractivity contribution in [2.45, 2.75) is 18.2 Å². The van der Waals surface area contributed by atoms with Gasteiger partial charge in [0.25, 0.3) is 5.56 Å². The van der Waals surface area contributed by atoms with E-state index in [2.05, 4.69) is 0 Å². The molecule has 0 aromatic carbocycles. The maximum atomic E-state index is 12.5. The zero-order valence-electron chi connectivity index (χ0n) is 8.71. The first-order valence-corrected chi connectivity index (χ1v) is 4.98. The Bertz CT molecular complexity index is 562. The molecule has 3 atom stereocenters. The quantitative estimate of drug-likeness (QED) is 0.562. The SMILES string of the molecule is O=c1ccn([C@@H]2C=C(CF)[C@@H](O)[C@H]2O)c(=O)[nH]1. The lowest BCUT2D eigenvalue weighted by atomic mass is 10.1. The molecule has 1 heterocycles. The highest BCUT2D eigenvalue weighted by atomic mass is 19.1. The summed E-state index contributed by atoms with van der Waals surface area (Å²) in [5.74, 6) is 0. The van der Waals surface area contributed by atoms with Gasteiger partial charge in [0.15, 0.2) is 0 Å². The maximum absolute atomic E-state index is 12.5. The molecular weight excluding hydrogens is 231 g/mol. The van der Waals surface area contributed by atoms with Gasteiger partial charge in [-0.25, -0.2) is 9.18 Å². The normalized spacial score (nSPS) is 28.2. The maximum Gasteiger partial charge on any atom is 0.328 e. The Balaban J connectivity index is 2.45. The number of aliphatic hydroxyl groups is 2. The van der Waals surface area contributed by atoms with Gasteiger partial charge in [0, 0.05) is 12.3 Å². The minimum Gasteiger partial charge on any atom is -0.388 e. The van der Waals surface area contributed by atoms with E-state index in [4.69, 9.17) is 0 Å². The van der Waals surface area contributed by atoms with Crippen LogP contribution in [-0.2, 0) is 0 Å². The lowest BCUT2D eigenvalue weighted by molar-refractivity contribution is 0.0290. The highest BCUT2D eigenvalue weighted by Crippen LogP contribution is 2.28. The first-order chi connectivity index (χ1) is 8.04. The standard InChI is InChI=1S/C10H11FN2O4/c11-4-5-3-6(9(16)8(5)15)13-2-1-7(14)12-10(13)17/h1-3,6,8-9,15-16H,4H2,(H,12,14,17)/t6-,8-,9+/m1/s1. The second kappa shape index (κ2) is 4.27. The number of hydrogen-bond acceptors (Lipinski definition) is 4. The van der Waals surface area contributed by atoms with Gasteiger partial charge in [0.2, 0.25) is 0 Å². The van der Waals surface area contributed by atoms with Crippen molar-refractivity contribution in [3.05, 3.63) is 44.8 Å². The topological polar surface area (TPSA) is 95.3 Å². The van der Waals surface area contributed by atoms with Crippen LogP contribution in [0.25, 0.3) is 0 Å². The van der Waals surface area contributed by atoms with E-state index in [0.29, 0.717) is 0 Å². The number of aliphatic hydroxyl groups excluding tert-OH is 2. The van der Waals surface area contributed by atoms with Crippen LogP contribution in [0.3, 0.4) is 0 Å². The molecule has 0 aliphatic heterocycles. The summed E-state index contributed by atoms with van der Waals surface area (Å²) in [5, 5.41) is 19.2. The van der Waals surface area contributed by atoms with Crippen LogP contribution in [0.5, 0.6) is 0 Å². The van der Waals surface area contributed by atoms with Crippen LogP contribution in [0.1, 0.15) is 6.04 Å².